The second kappa shape index (κ2) is 8.31. The van der Waals surface area contributed by atoms with Crippen molar-refractivity contribution < 1.29 is 9.90 Å². The molecular weight excluding hydrogens is 304 g/mol. The molecule has 0 unspecified atom stereocenters. The van der Waals surface area contributed by atoms with Gasteiger partial charge < -0.3 is 20.6 Å². The first kappa shape index (κ1) is 17.7. The number of aliphatic hydroxyl groups is 1. The van der Waals surface area contributed by atoms with E-state index in [1.54, 1.807) is 6.07 Å². The van der Waals surface area contributed by atoms with Crippen LogP contribution in [0.4, 0.5) is 17.2 Å². The molecule has 0 saturated heterocycles. The van der Waals surface area contributed by atoms with Gasteiger partial charge in [0.2, 0.25) is 5.91 Å². The average Bonchev–Trinajstić information content (AvgIpc) is 2.60. The van der Waals surface area contributed by atoms with E-state index in [9.17, 15) is 4.79 Å². The van der Waals surface area contributed by atoms with Crippen molar-refractivity contribution in [3.05, 3.63) is 48.2 Å². The molecule has 6 nitrogen and oxygen atoms in total. The summed E-state index contributed by atoms with van der Waals surface area (Å²) in [7, 11) is 2.02. The zero-order valence-corrected chi connectivity index (χ0v) is 14.3. The fourth-order valence-corrected chi connectivity index (χ4v) is 2.11. The van der Waals surface area contributed by atoms with Gasteiger partial charge in [0.25, 0.3) is 0 Å². The van der Waals surface area contributed by atoms with Crippen molar-refractivity contribution in [1.82, 2.24) is 4.98 Å². The molecule has 0 saturated carbocycles. The summed E-state index contributed by atoms with van der Waals surface area (Å²) in [6.45, 7) is 4.36. The summed E-state index contributed by atoms with van der Waals surface area (Å²) in [6.07, 6.45) is 1.86. The van der Waals surface area contributed by atoms with Gasteiger partial charge in [-0.25, -0.2) is 4.98 Å². The van der Waals surface area contributed by atoms with E-state index in [4.69, 9.17) is 5.11 Å². The van der Waals surface area contributed by atoms with Crippen molar-refractivity contribution >= 4 is 23.1 Å². The maximum Gasteiger partial charge on any atom is 0.250 e. The van der Waals surface area contributed by atoms with Crippen LogP contribution in [0.5, 0.6) is 0 Å². The van der Waals surface area contributed by atoms with E-state index in [0.717, 1.165) is 17.1 Å². The van der Waals surface area contributed by atoms with Gasteiger partial charge in [0.1, 0.15) is 12.4 Å². The number of nitrogens with zero attached hydrogens (tertiary/aromatic N) is 2. The Balaban J connectivity index is 1.96. The van der Waals surface area contributed by atoms with Gasteiger partial charge in [0.05, 0.1) is 0 Å². The number of hydrogen-bond acceptors (Lipinski definition) is 5. The fraction of sp³-hybridized carbons (Fsp3) is 0.333. The SMILES string of the molecule is CC(C)N(C)c1ccc(CNc2cccc(NC(=O)CO)c2)cn1. The van der Waals surface area contributed by atoms with Crippen LogP contribution in [0.15, 0.2) is 42.6 Å². The van der Waals surface area contributed by atoms with Gasteiger partial charge in [-0.15, -0.1) is 0 Å². The largest absolute Gasteiger partial charge is 0.387 e. The Hall–Kier alpha value is -2.60. The quantitative estimate of drug-likeness (QED) is 0.728. The number of aromatic nitrogens is 1. The minimum atomic E-state index is -0.527. The van der Waals surface area contributed by atoms with Gasteiger partial charge in [-0.3, -0.25) is 4.79 Å². The number of anilines is 3. The number of carbonyl (C=O) groups excluding carboxylic acids is 1. The number of rotatable bonds is 7. The lowest BCUT2D eigenvalue weighted by molar-refractivity contribution is -0.118. The summed E-state index contributed by atoms with van der Waals surface area (Å²) in [5, 5.41) is 14.7. The van der Waals surface area contributed by atoms with Gasteiger partial charge in [-0.2, -0.15) is 0 Å². The number of benzene rings is 1. The molecule has 0 atom stereocenters. The van der Waals surface area contributed by atoms with Crippen LogP contribution in [0.1, 0.15) is 19.4 Å². The van der Waals surface area contributed by atoms with E-state index in [1.165, 1.54) is 0 Å². The summed E-state index contributed by atoms with van der Waals surface area (Å²) in [5.41, 5.74) is 2.60. The zero-order valence-electron chi connectivity index (χ0n) is 14.3. The molecule has 2 rings (SSSR count). The smallest absolute Gasteiger partial charge is 0.250 e. The number of nitrogens with one attached hydrogen (secondary N) is 2. The highest BCUT2D eigenvalue weighted by Gasteiger charge is 2.06. The summed E-state index contributed by atoms with van der Waals surface area (Å²) in [6, 6.07) is 11.8. The van der Waals surface area contributed by atoms with Crippen molar-refractivity contribution in [2.75, 3.05) is 29.2 Å². The second-order valence-corrected chi connectivity index (χ2v) is 5.87. The molecule has 1 aromatic carbocycles. The molecule has 0 aliphatic rings. The van der Waals surface area contributed by atoms with Crippen molar-refractivity contribution in [1.29, 1.82) is 0 Å². The highest BCUT2D eigenvalue weighted by molar-refractivity contribution is 5.91. The molecule has 1 amide bonds. The molecule has 3 N–H and O–H groups in total. The van der Waals surface area contributed by atoms with Crippen LogP contribution in [0.25, 0.3) is 0 Å². The molecule has 2 aromatic rings. The molecule has 0 radical (unpaired) electrons. The first-order valence-electron chi connectivity index (χ1n) is 7.92. The van der Waals surface area contributed by atoms with Crippen LogP contribution in [0, 0.1) is 0 Å². The van der Waals surface area contributed by atoms with Gasteiger partial charge in [0, 0.05) is 37.2 Å². The molecule has 1 heterocycles. The van der Waals surface area contributed by atoms with Crippen molar-refractivity contribution in [2.45, 2.75) is 26.4 Å². The molecule has 0 bridgehead atoms. The zero-order chi connectivity index (χ0) is 17.5. The Morgan fingerprint density at radius 2 is 2.00 bits per heavy atom. The third-order valence-corrected chi connectivity index (χ3v) is 3.73. The minimum Gasteiger partial charge on any atom is -0.387 e. The van der Waals surface area contributed by atoms with Crippen LogP contribution in [-0.4, -0.2) is 35.7 Å². The highest BCUT2D eigenvalue weighted by atomic mass is 16.3. The number of aliphatic hydroxyl groups excluding tert-OH is 1. The standard InChI is InChI=1S/C18H24N4O2/c1-13(2)22(3)17-8-7-14(11-20-17)10-19-15-5-4-6-16(9-15)21-18(24)12-23/h4-9,11,13,19,23H,10,12H2,1-3H3,(H,21,24). The topological polar surface area (TPSA) is 77.5 Å². The normalized spacial score (nSPS) is 10.5. The van der Waals surface area contributed by atoms with E-state index < -0.39 is 12.5 Å². The van der Waals surface area contributed by atoms with Crippen LogP contribution < -0.4 is 15.5 Å². The van der Waals surface area contributed by atoms with Gasteiger partial charge in [-0.05, 0) is 43.7 Å². The first-order chi connectivity index (χ1) is 11.5. The number of pyridine rings is 1. The molecule has 1 aromatic heterocycles. The molecule has 0 aliphatic heterocycles. The van der Waals surface area contributed by atoms with Crippen LogP contribution in [-0.2, 0) is 11.3 Å². The summed E-state index contributed by atoms with van der Waals surface area (Å²) < 4.78 is 0. The maximum atomic E-state index is 11.2. The molecule has 0 spiro atoms. The lowest BCUT2D eigenvalue weighted by atomic mass is 10.2. The molecule has 24 heavy (non-hydrogen) atoms. The summed E-state index contributed by atoms with van der Waals surface area (Å²) in [5.74, 6) is 0.517. The Kier molecular flexibility index (Phi) is 6.14. The summed E-state index contributed by atoms with van der Waals surface area (Å²) in [4.78, 5) is 17.8. The fourth-order valence-electron chi connectivity index (χ4n) is 2.11. The van der Waals surface area contributed by atoms with E-state index in [-0.39, 0.29) is 0 Å². The Labute approximate surface area is 142 Å². The van der Waals surface area contributed by atoms with Crippen LogP contribution in [0.3, 0.4) is 0 Å². The average molecular weight is 328 g/mol. The molecule has 0 fully saturated rings. The van der Waals surface area contributed by atoms with Crippen LogP contribution in [0.2, 0.25) is 0 Å². The predicted octanol–water partition coefficient (Wildman–Crippen LogP) is 2.47. The number of amides is 1. The lowest BCUT2D eigenvalue weighted by Gasteiger charge is -2.22. The second-order valence-electron chi connectivity index (χ2n) is 5.87. The molecule has 128 valence electrons. The lowest BCUT2D eigenvalue weighted by Crippen LogP contribution is -2.26. The van der Waals surface area contributed by atoms with Gasteiger partial charge in [0.15, 0.2) is 0 Å². The maximum absolute atomic E-state index is 11.2. The molecular formula is C18H24N4O2. The number of carbonyl (C=O) groups is 1. The third kappa shape index (κ3) is 4.96. The van der Waals surface area contributed by atoms with Crippen molar-refractivity contribution in [3.8, 4) is 0 Å². The molecule has 0 aliphatic carbocycles. The third-order valence-electron chi connectivity index (χ3n) is 3.73. The number of hydrogen-bond donors (Lipinski definition) is 3. The summed E-state index contributed by atoms with van der Waals surface area (Å²) >= 11 is 0. The predicted molar refractivity (Wildman–Crippen MR) is 97.3 cm³/mol. The van der Waals surface area contributed by atoms with Crippen molar-refractivity contribution in [2.24, 2.45) is 0 Å². The van der Waals surface area contributed by atoms with Gasteiger partial charge >= 0.3 is 0 Å². The van der Waals surface area contributed by atoms with E-state index in [0.29, 0.717) is 18.3 Å². The van der Waals surface area contributed by atoms with Gasteiger partial charge in [-0.1, -0.05) is 12.1 Å². The Bertz CT molecular complexity index is 671. The monoisotopic (exact) mass is 328 g/mol. The Morgan fingerprint density at radius 1 is 1.25 bits per heavy atom. The van der Waals surface area contributed by atoms with Crippen molar-refractivity contribution in [3.63, 3.8) is 0 Å². The Morgan fingerprint density at radius 3 is 2.62 bits per heavy atom. The minimum absolute atomic E-state index is 0.401. The highest BCUT2D eigenvalue weighted by Crippen LogP contribution is 2.17. The van der Waals surface area contributed by atoms with E-state index in [1.807, 2.05) is 43.6 Å². The van der Waals surface area contributed by atoms with E-state index >= 15 is 0 Å². The van der Waals surface area contributed by atoms with Crippen LogP contribution >= 0.6 is 0 Å². The molecule has 6 heteroatoms. The van der Waals surface area contributed by atoms with E-state index in [2.05, 4.69) is 34.4 Å². The first-order valence-corrected chi connectivity index (χ1v) is 7.92.